The van der Waals surface area contributed by atoms with Crippen LogP contribution in [0.15, 0.2) is 60.6 Å². The van der Waals surface area contributed by atoms with E-state index in [9.17, 15) is 0 Å². The molecule has 0 atom stereocenters. The predicted molar refractivity (Wildman–Crippen MR) is 136 cm³/mol. The second-order valence-corrected chi connectivity index (χ2v) is 10.3. The first-order chi connectivity index (χ1) is 17.1. The third kappa shape index (κ3) is 3.03. The van der Waals surface area contributed by atoms with Gasteiger partial charge >= 0.3 is 201 Å². The molecule has 0 spiro atoms. The Labute approximate surface area is 201 Å². The number of hydrogen-bond donors (Lipinski definition) is 0. The van der Waals surface area contributed by atoms with Crippen LogP contribution in [0.25, 0.3) is 46.5 Å². The number of benzene rings is 3. The minimum absolute atomic E-state index is 0.0954. The molecule has 3 heteroatoms. The molecular formula is C29H25N2Se+. The molecule has 32 heavy (non-hydrogen) atoms. The van der Waals surface area contributed by atoms with Crippen molar-refractivity contribution in [2.45, 2.75) is 27.6 Å². The molecule has 0 unspecified atom stereocenters. The number of nitrogens with zero attached hydrogens (tertiary/aromatic N) is 2. The van der Waals surface area contributed by atoms with E-state index in [2.05, 4.69) is 42.1 Å². The van der Waals surface area contributed by atoms with Crippen LogP contribution in [0.2, 0.25) is 0 Å². The van der Waals surface area contributed by atoms with Crippen LogP contribution in [-0.2, 0) is 7.05 Å². The van der Waals surface area contributed by atoms with Crippen LogP contribution in [0.5, 0.6) is 0 Å². The third-order valence-electron chi connectivity index (χ3n) is 6.30. The number of pyridine rings is 1. The van der Waals surface area contributed by atoms with Gasteiger partial charge in [-0.1, -0.05) is 0 Å². The first kappa shape index (κ1) is 16.5. The molecule has 0 saturated heterocycles. The zero-order valence-electron chi connectivity index (χ0n) is 22.5. The maximum atomic E-state index is 9.05. The summed E-state index contributed by atoms with van der Waals surface area (Å²) in [6.45, 7) is 11.1. The molecule has 0 fully saturated rings. The first-order valence-corrected chi connectivity index (χ1v) is 12.2. The van der Waals surface area contributed by atoms with E-state index in [1.54, 1.807) is 6.92 Å². The molecule has 5 aromatic rings. The van der Waals surface area contributed by atoms with E-state index in [0.717, 1.165) is 38.7 Å². The molecule has 0 aliphatic carbocycles. The summed E-state index contributed by atoms with van der Waals surface area (Å²) < 4.78 is 37.4. The Hall–Kier alpha value is -3.18. The van der Waals surface area contributed by atoms with Gasteiger partial charge < -0.3 is 0 Å². The average molecular weight is 485 g/mol. The van der Waals surface area contributed by atoms with Crippen LogP contribution >= 0.6 is 0 Å². The number of aromatic nitrogens is 1. The molecule has 0 aliphatic heterocycles. The van der Waals surface area contributed by atoms with Crippen molar-refractivity contribution in [3.8, 4) is 22.4 Å². The summed E-state index contributed by atoms with van der Waals surface area (Å²) in [5.74, 6) is 0. The van der Waals surface area contributed by atoms with Gasteiger partial charge in [-0.2, -0.15) is 0 Å². The van der Waals surface area contributed by atoms with Crippen molar-refractivity contribution in [3.63, 3.8) is 0 Å². The molecule has 0 saturated carbocycles. The summed E-state index contributed by atoms with van der Waals surface area (Å²) >= 11 is -0.0954. The zero-order chi connectivity index (χ0) is 25.9. The molecule has 0 N–H and O–H groups in total. The number of aryl methyl sites for hydroxylation is 1. The topological polar surface area (TPSA) is 8.24 Å². The first-order valence-electron chi connectivity index (χ1n) is 12.5. The summed E-state index contributed by atoms with van der Waals surface area (Å²) in [7, 11) is 1.86. The molecule has 3 aromatic carbocycles. The van der Waals surface area contributed by atoms with Crippen LogP contribution in [-0.4, -0.2) is 14.5 Å². The Morgan fingerprint density at radius 3 is 2.28 bits per heavy atom. The fraction of sp³-hybridized carbons (Fsp3) is 0.172. The fourth-order valence-electron chi connectivity index (χ4n) is 4.42. The van der Waals surface area contributed by atoms with Gasteiger partial charge in [0.05, 0.1) is 0 Å². The predicted octanol–water partition coefficient (Wildman–Crippen LogP) is 6.99. The van der Waals surface area contributed by atoms with Crippen molar-refractivity contribution in [2.75, 3.05) is 0 Å². The van der Waals surface area contributed by atoms with Gasteiger partial charge in [0.2, 0.25) is 0 Å². The minimum atomic E-state index is -2.28. The Kier molecular flexibility index (Phi) is 3.98. The third-order valence-corrected chi connectivity index (χ3v) is 8.93. The molecule has 2 aromatic heterocycles. The van der Waals surface area contributed by atoms with Crippen molar-refractivity contribution in [1.29, 1.82) is 0 Å². The van der Waals surface area contributed by atoms with Gasteiger partial charge in [0.1, 0.15) is 0 Å². The van der Waals surface area contributed by atoms with Crippen molar-refractivity contribution in [1.82, 2.24) is 0 Å². The van der Waals surface area contributed by atoms with E-state index in [-0.39, 0.29) is 26.1 Å². The molecule has 0 aliphatic rings. The van der Waals surface area contributed by atoms with Crippen LogP contribution in [0, 0.1) is 34.2 Å². The molecule has 2 nitrogen and oxygen atoms in total. The van der Waals surface area contributed by atoms with Gasteiger partial charge in [-0.15, -0.1) is 0 Å². The van der Waals surface area contributed by atoms with E-state index < -0.39 is 6.85 Å². The van der Waals surface area contributed by atoms with E-state index in [1.807, 2.05) is 42.8 Å². The normalized spacial score (nSPS) is 13.5. The van der Waals surface area contributed by atoms with Gasteiger partial charge in [0.15, 0.2) is 0 Å². The van der Waals surface area contributed by atoms with E-state index >= 15 is 0 Å². The molecule has 5 rings (SSSR count). The quantitative estimate of drug-likeness (QED) is 0.145. The van der Waals surface area contributed by atoms with Crippen molar-refractivity contribution >= 4 is 39.5 Å². The Bertz CT molecular complexity index is 1700. The van der Waals surface area contributed by atoms with E-state index in [4.69, 9.17) is 12.1 Å². The second-order valence-electron chi connectivity index (χ2n) is 8.17. The van der Waals surface area contributed by atoms with Crippen LogP contribution in [0.3, 0.4) is 0 Å². The molecule has 156 valence electrons. The van der Waals surface area contributed by atoms with Gasteiger partial charge in [0.25, 0.3) is 0 Å². The van der Waals surface area contributed by atoms with Gasteiger partial charge in [-0.05, 0) is 0 Å². The Morgan fingerprint density at radius 1 is 0.906 bits per heavy atom. The number of hydrogen-bond acceptors (Lipinski definition) is 0. The molecular weight excluding hydrogens is 455 g/mol. The van der Waals surface area contributed by atoms with Crippen molar-refractivity contribution < 1.29 is 10.1 Å². The number of rotatable bonds is 2. The molecule has 2 heterocycles. The summed E-state index contributed by atoms with van der Waals surface area (Å²) in [6, 6.07) is 18.5. The summed E-state index contributed by atoms with van der Waals surface area (Å²) in [6.07, 6.45) is 0. The maximum absolute atomic E-state index is 9.05. The van der Waals surface area contributed by atoms with Crippen LogP contribution < -0.4 is 4.57 Å². The average Bonchev–Trinajstić information content (AvgIpc) is 3.22. The molecule has 0 bridgehead atoms. The zero-order valence-corrected chi connectivity index (χ0v) is 20.2. The molecule has 0 radical (unpaired) electrons. The second kappa shape index (κ2) is 7.75. The van der Waals surface area contributed by atoms with Crippen molar-refractivity contribution in [2.24, 2.45) is 7.05 Å². The van der Waals surface area contributed by atoms with E-state index in [1.165, 1.54) is 8.52 Å². The van der Waals surface area contributed by atoms with Crippen LogP contribution in [0.4, 0.5) is 5.69 Å². The van der Waals surface area contributed by atoms with Crippen molar-refractivity contribution in [3.05, 3.63) is 94.4 Å². The van der Waals surface area contributed by atoms with Crippen LogP contribution in [0.1, 0.15) is 27.9 Å². The van der Waals surface area contributed by atoms with E-state index in [0.29, 0.717) is 16.9 Å². The summed E-state index contributed by atoms with van der Waals surface area (Å²) in [5, 5.41) is 2.27. The number of fused-ring (bicyclic) bond motifs is 3. The fourth-order valence-corrected chi connectivity index (χ4v) is 7.50. The SMILES string of the molecule is [2H]c1c(C)c(C([2H])([2H])[2H])c(C)[n+](C)c1-c1c(C)ccc2c1[se]c1c(-c3ccccc3)c([N+]#[C-])ccc12. The van der Waals surface area contributed by atoms with Gasteiger partial charge in [-0.25, -0.2) is 0 Å². The summed E-state index contributed by atoms with van der Waals surface area (Å²) in [5.41, 5.74) is 6.88. The summed E-state index contributed by atoms with van der Waals surface area (Å²) in [4.78, 5) is 3.84. The monoisotopic (exact) mass is 485 g/mol. The Balaban J connectivity index is 1.93. The standard InChI is InChI=1S/C29H25N2Se/c1-17-12-13-22-23-14-15-24(30-5)27(21-10-8-7-9-11-21)29(23)32-28(22)26(17)25-16-18(2)19(3)20(4)31(25)6/h7-16H,1-4,6H3/q+1/i3D3,16D. The molecule has 0 amide bonds. The van der Waals surface area contributed by atoms with Gasteiger partial charge in [0, 0.05) is 0 Å². The Morgan fingerprint density at radius 2 is 1.59 bits per heavy atom. The van der Waals surface area contributed by atoms with Gasteiger partial charge in [-0.3, -0.25) is 0 Å².